The summed E-state index contributed by atoms with van der Waals surface area (Å²) in [6.07, 6.45) is 2.09. The number of aldehydes is 1. The molecule has 0 fully saturated rings. The van der Waals surface area contributed by atoms with E-state index in [1.165, 1.54) is 22.9 Å². The monoisotopic (exact) mass is 222 g/mol. The van der Waals surface area contributed by atoms with Gasteiger partial charge in [-0.25, -0.2) is 9.37 Å². The van der Waals surface area contributed by atoms with Gasteiger partial charge < -0.3 is 0 Å². The average molecular weight is 222 g/mol. The Labute approximate surface area is 91.0 Å². The van der Waals surface area contributed by atoms with E-state index in [0.29, 0.717) is 22.8 Å². The molecule has 0 amide bonds. The summed E-state index contributed by atoms with van der Waals surface area (Å²) >= 11 is 4.11. The van der Waals surface area contributed by atoms with Crippen LogP contribution in [0.3, 0.4) is 0 Å². The number of nitrogens with zero attached hydrogens (tertiary/aromatic N) is 2. The molecular weight excluding hydrogens is 215 g/mol. The van der Waals surface area contributed by atoms with Gasteiger partial charge in [-0.3, -0.25) is 9.36 Å². The van der Waals surface area contributed by atoms with Crippen LogP contribution >= 0.6 is 12.6 Å². The van der Waals surface area contributed by atoms with Crippen molar-refractivity contribution in [1.29, 1.82) is 0 Å². The zero-order valence-corrected chi connectivity index (χ0v) is 8.49. The number of hydrogen-bond acceptors (Lipinski definition) is 3. The third kappa shape index (κ3) is 1.78. The fourth-order valence-corrected chi connectivity index (χ4v) is 1.58. The largest absolute Gasteiger partial charge is 0.296 e. The van der Waals surface area contributed by atoms with E-state index in [4.69, 9.17) is 0 Å². The maximum Gasteiger partial charge on any atom is 0.170 e. The van der Waals surface area contributed by atoms with E-state index in [1.807, 2.05) is 0 Å². The van der Waals surface area contributed by atoms with Crippen molar-refractivity contribution in [3.05, 3.63) is 42.0 Å². The maximum atomic E-state index is 12.7. The Kier molecular flexibility index (Phi) is 2.55. The van der Waals surface area contributed by atoms with E-state index in [0.717, 1.165) is 0 Å². The number of carbonyl (C=O) groups excluding carboxylic acids is 1. The number of halogens is 1. The quantitative estimate of drug-likeness (QED) is 0.624. The second-order valence-corrected chi connectivity index (χ2v) is 3.31. The third-order valence-corrected chi connectivity index (χ3v) is 2.29. The van der Waals surface area contributed by atoms with Gasteiger partial charge in [0.2, 0.25) is 0 Å². The summed E-state index contributed by atoms with van der Waals surface area (Å²) < 4.78 is 14.2. The first-order valence-corrected chi connectivity index (χ1v) is 4.65. The van der Waals surface area contributed by atoms with E-state index < -0.39 is 0 Å². The van der Waals surface area contributed by atoms with Crippen molar-refractivity contribution in [2.75, 3.05) is 0 Å². The minimum Gasteiger partial charge on any atom is -0.296 e. The van der Waals surface area contributed by atoms with E-state index in [2.05, 4.69) is 17.6 Å². The van der Waals surface area contributed by atoms with Gasteiger partial charge in [0.1, 0.15) is 11.5 Å². The molecule has 0 aliphatic heterocycles. The Morgan fingerprint density at radius 2 is 2.00 bits per heavy atom. The molecule has 0 saturated carbocycles. The molecule has 2 rings (SSSR count). The molecule has 0 atom stereocenters. The van der Waals surface area contributed by atoms with Crippen LogP contribution in [0, 0.1) is 5.82 Å². The molecule has 0 aliphatic rings. The van der Waals surface area contributed by atoms with E-state index in [-0.39, 0.29) is 5.82 Å². The molecule has 5 heteroatoms. The van der Waals surface area contributed by atoms with Crippen molar-refractivity contribution >= 4 is 18.9 Å². The van der Waals surface area contributed by atoms with E-state index >= 15 is 0 Å². The topological polar surface area (TPSA) is 34.9 Å². The number of aromatic nitrogens is 2. The smallest absolute Gasteiger partial charge is 0.170 e. The second-order valence-electron chi connectivity index (χ2n) is 2.91. The van der Waals surface area contributed by atoms with Gasteiger partial charge in [0.05, 0.1) is 6.20 Å². The van der Waals surface area contributed by atoms with Gasteiger partial charge >= 0.3 is 0 Å². The molecule has 2 aromatic rings. The van der Waals surface area contributed by atoms with Crippen LogP contribution in [-0.2, 0) is 0 Å². The summed E-state index contributed by atoms with van der Waals surface area (Å²) in [6, 6.07) is 5.75. The number of thiol groups is 1. The number of benzene rings is 1. The van der Waals surface area contributed by atoms with Crippen molar-refractivity contribution in [2.24, 2.45) is 0 Å². The van der Waals surface area contributed by atoms with Crippen molar-refractivity contribution in [2.45, 2.75) is 5.16 Å². The van der Waals surface area contributed by atoms with E-state index in [1.54, 1.807) is 12.1 Å². The molecule has 0 N–H and O–H groups in total. The van der Waals surface area contributed by atoms with Crippen LogP contribution in [0.4, 0.5) is 4.39 Å². The summed E-state index contributed by atoms with van der Waals surface area (Å²) in [4.78, 5) is 14.6. The molecule has 15 heavy (non-hydrogen) atoms. The molecular formula is C10H7FN2OS. The van der Waals surface area contributed by atoms with Gasteiger partial charge in [0.15, 0.2) is 11.4 Å². The van der Waals surface area contributed by atoms with Crippen LogP contribution in [-0.4, -0.2) is 15.8 Å². The predicted octanol–water partition coefficient (Wildman–Crippen LogP) is 2.11. The molecule has 0 spiro atoms. The Hall–Kier alpha value is -1.62. The van der Waals surface area contributed by atoms with Crippen molar-refractivity contribution in [1.82, 2.24) is 9.55 Å². The van der Waals surface area contributed by atoms with Crippen LogP contribution in [0.2, 0.25) is 0 Å². The van der Waals surface area contributed by atoms with Gasteiger partial charge in [-0.2, -0.15) is 0 Å². The van der Waals surface area contributed by atoms with E-state index in [9.17, 15) is 9.18 Å². The highest BCUT2D eigenvalue weighted by Gasteiger charge is 2.07. The van der Waals surface area contributed by atoms with Gasteiger partial charge in [0.25, 0.3) is 0 Å². The van der Waals surface area contributed by atoms with Crippen LogP contribution in [0.1, 0.15) is 10.5 Å². The summed E-state index contributed by atoms with van der Waals surface area (Å²) in [7, 11) is 0. The normalized spacial score (nSPS) is 10.3. The first-order chi connectivity index (χ1) is 7.22. The summed E-state index contributed by atoms with van der Waals surface area (Å²) in [5.74, 6) is -0.327. The Morgan fingerprint density at radius 3 is 2.60 bits per heavy atom. The van der Waals surface area contributed by atoms with Crippen molar-refractivity contribution in [3.63, 3.8) is 0 Å². The van der Waals surface area contributed by atoms with Crippen LogP contribution in [0.15, 0.2) is 35.6 Å². The lowest BCUT2D eigenvalue weighted by Crippen LogP contribution is -1.99. The minimum atomic E-state index is -0.327. The fraction of sp³-hybridized carbons (Fsp3) is 0. The molecule has 0 radical (unpaired) electrons. The lowest BCUT2D eigenvalue weighted by atomic mass is 10.3. The first-order valence-electron chi connectivity index (χ1n) is 4.20. The number of rotatable bonds is 2. The fourth-order valence-electron chi connectivity index (χ4n) is 1.29. The molecule has 76 valence electrons. The lowest BCUT2D eigenvalue weighted by molar-refractivity contribution is 0.111. The zero-order valence-electron chi connectivity index (χ0n) is 7.59. The molecule has 0 aliphatic carbocycles. The molecule has 0 unspecified atom stereocenters. The second kappa shape index (κ2) is 3.86. The van der Waals surface area contributed by atoms with Crippen LogP contribution in [0.5, 0.6) is 0 Å². The van der Waals surface area contributed by atoms with Gasteiger partial charge in [-0.05, 0) is 24.3 Å². The highest BCUT2D eigenvalue weighted by molar-refractivity contribution is 7.80. The van der Waals surface area contributed by atoms with Crippen molar-refractivity contribution < 1.29 is 9.18 Å². The Bertz CT molecular complexity index is 493. The highest BCUT2D eigenvalue weighted by Crippen LogP contribution is 2.16. The summed E-state index contributed by atoms with van der Waals surface area (Å²) in [6.45, 7) is 0. The predicted molar refractivity (Wildman–Crippen MR) is 56.2 cm³/mol. The number of hydrogen-bond donors (Lipinski definition) is 1. The SMILES string of the molecule is O=Cc1cnc(S)n1-c1ccc(F)cc1. The molecule has 1 heterocycles. The summed E-state index contributed by atoms with van der Waals surface area (Å²) in [5, 5.41) is 0.392. The molecule has 1 aromatic carbocycles. The number of imidazole rings is 1. The maximum absolute atomic E-state index is 12.7. The zero-order chi connectivity index (χ0) is 10.8. The first kappa shape index (κ1) is 9.92. The third-order valence-electron chi connectivity index (χ3n) is 1.98. The minimum absolute atomic E-state index is 0.327. The van der Waals surface area contributed by atoms with Gasteiger partial charge in [-0.1, -0.05) is 0 Å². The van der Waals surface area contributed by atoms with Gasteiger partial charge in [0, 0.05) is 5.69 Å². The van der Waals surface area contributed by atoms with Crippen molar-refractivity contribution in [3.8, 4) is 5.69 Å². The Morgan fingerprint density at radius 1 is 1.33 bits per heavy atom. The van der Waals surface area contributed by atoms with Gasteiger partial charge in [-0.15, -0.1) is 12.6 Å². The van der Waals surface area contributed by atoms with Crippen LogP contribution in [0.25, 0.3) is 5.69 Å². The molecule has 1 aromatic heterocycles. The standard InChI is InChI=1S/C10H7FN2OS/c11-7-1-3-8(4-2-7)13-9(6-14)5-12-10(13)15/h1-6H,(H,12,15). The highest BCUT2D eigenvalue weighted by atomic mass is 32.1. The Balaban J connectivity index is 2.57. The molecule has 0 saturated heterocycles. The summed E-state index contributed by atoms with van der Waals surface area (Å²) in [5.41, 5.74) is 1.03. The lowest BCUT2D eigenvalue weighted by Gasteiger charge is -2.05. The average Bonchev–Trinajstić information content (AvgIpc) is 2.61. The number of carbonyl (C=O) groups is 1. The van der Waals surface area contributed by atoms with Crippen LogP contribution < -0.4 is 0 Å². The molecule has 0 bridgehead atoms. The molecule has 3 nitrogen and oxygen atoms in total.